The zero-order valence-corrected chi connectivity index (χ0v) is 18.7. The number of ether oxygens (including phenoxy) is 1. The number of halogens is 1. The Hall–Kier alpha value is -2.55. The highest BCUT2D eigenvalue weighted by Gasteiger charge is 2.34. The molecule has 1 saturated heterocycles. The average molecular weight is 463 g/mol. The Bertz CT molecular complexity index is 1230. The summed E-state index contributed by atoms with van der Waals surface area (Å²) in [4.78, 5) is 11.9. The van der Waals surface area contributed by atoms with E-state index in [9.17, 15) is 18.3 Å². The van der Waals surface area contributed by atoms with Crippen LogP contribution in [-0.2, 0) is 10.0 Å². The quantitative estimate of drug-likeness (QED) is 0.585. The van der Waals surface area contributed by atoms with Crippen molar-refractivity contribution >= 4 is 38.5 Å². The van der Waals surface area contributed by atoms with E-state index < -0.39 is 16.0 Å². The van der Waals surface area contributed by atoms with Crippen LogP contribution in [0.25, 0.3) is 10.9 Å². The van der Waals surface area contributed by atoms with Gasteiger partial charge in [0.05, 0.1) is 22.1 Å². The second kappa shape index (κ2) is 8.18. The lowest BCUT2D eigenvalue weighted by Gasteiger charge is -2.18. The molecule has 0 aliphatic carbocycles. The molecular formula is C22H23ClN2O5S. The second-order valence-electron chi connectivity index (χ2n) is 7.86. The zero-order chi connectivity index (χ0) is 22.3. The van der Waals surface area contributed by atoms with E-state index in [0.717, 1.165) is 0 Å². The highest BCUT2D eigenvalue weighted by atomic mass is 35.5. The number of rotatable bonds is 6. The first kappa shape index (κ1) is 21.7. The van der Waals surface area contributed by atoms with Crippen molar-refractivity contribution in [2.45, 2.75) is 37.3 Å². The van der Waals surface area contributed by atoms with Crippen LogP contribution in [0.15, 0.2) is 53.6 Å². The largest absolute Gasteiger partial charge is 0.491 e. The number of carbonyl (C=O) groups is 1. The van der Waals surface area contributed by atoms with Crippen LogP contribution in [-0.4, -0.2) is 47.6 Å². The van der Waals surface area contributed by atoms with Gasteiger partial charge >= 0.3 is 5.97 Å². The Morgan fingerprint density at radius 2 is 1.90 bits per heavy atom. The highest BCUT2D eigenvalue weighted by Crippen LogP contribution is 2.33. The number of carboxylic acid groups (broad SMARTS) is 1. The van der Waals surface area contributed by atoms with E-state index in [2.05, 4.69) is 0 Å². The van der Waals surface area contributed by atoms with Gasteiger partial charge < -0.3 is 14.4 Å². The number of hydrogen-bond acceptors (Lipinski definition) is 4. The third kappa shape index (κ3) is 4.15. The molecule has 0 radical (unpaired) electrons. The number of benzene rings is 2. The maximum Gasteiger partial charge on any atom is 0.337 e. The number of sulfonamides is 1. The molecule has 2 aromatic carbocycles. The smallest absolute Gasteiger partial charge is 0.337 e. The summed E-state index contributed by atoms with van der Waals surface area (Å²) in [5, 5.41) is 10.6. The molecule has 31 heavy (non-hydrogen) atoms. The summed E-state index contributed by atoms with van der Waals surface area (Å²) in [6, 6.07) is 11.3. The molecule has 0 bridgehead atoms. The molecule has 0 unspecified atom stereocenters. The lowest BCUT2D eigenvalue weighted by atomic mass is 10.2. The number of hydrogen-bond donors (Lipinski definition) is 1. The Labute approximate surface area is 185 Å². The fourth-order valence-corrected chi connectivity index (χ4v) is 5.62. The van der Waals surface area contributed by atoms with Crippen molar-refractivity contribution in [3.05, 3.63) is 59.2 Å². The molecule has 0 saturated carbocycles. The van der Waals surface area contributed by atoms with Crippen molar-refractivity contribution in [1.82, 2.24) is 8.87 Å². The van der Waals surface area contributed by atoms with Gasteiger partial charge in [0.25, 0.3) is 0 Å². The van der Waals surface area contributed by atoms with Crippen LogP contribution in [0.4, 0.5) is 0 Å². The van der Waals surface area contributed by atoms with Crippen molar-refractivity contribution in [3.8, 4) is 5.75 Å². The highest BCUT2D eigenvalue weighted by molar-refractivity contribution is 7.89. The van der Waals surface area contributed by atoms with Crippen molar-refractivity contribution in [2.75, 3.05) is 13.1 Å². The molecule has 3 aromatic rings. The fourth-order valence-electron chi connectivity index (χ4n) is 3.96. The summed E-state index contributed by atoms with van der Waals surface area (Å²) in [6.45, 7) is 4.41. The van der Waals surface area contributed by atoms with Crippen molar-refractivity contribution in [2.24, 2.45) is 0 Å². The minimum absolute atomic E-state index is 0.00221. The predicted molar refractivity (Wildman–Crippen MR) is 119 cm³/mol. The molecule has 1 aliphatic heterocycles. The third-order valence-electron chi connectivity index (χ3n) is 5.38. The Kier molecular flexibility index (Phi) is 5.72. The molecule has 2 heterocycles. The molecule has 164 valence electrons. The van der Waals surface area contributed by atoms with Crippen LogP contribution in [0, 0.1) is 0 Å². The maximum atomic E-state index is 13.1. The summed E-state index contributed by atoms with van der Waals surface area (Å²) in [5.74, 6) is -0.414. The maximum absolute atomic E-state index is 13.1. The molecule has 1 atom stereocenters. The number of carboxylic acids is 1. The summed E-state index contributed by atoms with van der Waals surface area (Å²) in [7, 11) is -3.67. The van der Waals surface area contributed by atoms with Gasteiger partial charge in [-0.15, -0.1) is 0 Å². The monoisotopic (exact) mass is 462 g/mol. The average Bonchev–Trinajstić information content (AvgIpc) is 3.33. The van der Waals surface area contributed by atoms with Crippen molar-refractivity contribution < 1.29 is 23.1 Å². The molecule has 1 aliphatic rings. The molecule has 4 rings (SSSR count). The standard InChI is InChI=1S/C22H23ClN2O5S/c1-14(2)30-17-4-6-18(7-5-17)31(28,29)24-10-9-16(12-24)25-13-20(22(26)27)19-8-3-15(23)11-21(19)25/h3-8,11,13-14,16H,9-10,12H2,1-2H3,(H,26,27)/t16-/m1/s1. The van der Waals surface area contributed by atoms with E-state index in [1.807, 2.05) is 18.4 Å². The lowest BCUT2D eigenvalue weighted by Crippen LogP contribution is -2.29. The van der Waals surface area contributed by atoms with Crippen LogP contribution in [0.5, 0.6) is 5.75 Å². The number of fused-ring (bicyclic) bond motifs is 1. The van der Waals surface area contributed by atoms with Crippen molar-refractivity contribution in [3.63, 3.8) is 0 Å². The fraction of sp³-hybridized carbons (Fsp3) is 0.318. The Balaban J connectivity index is 1.61. The van der Waals surface area contributed by atoms with E-state index >= 15 is 0 Å². The molecular weight excluding hydrogens is 440 g/mol. The van der Waals surface area contributed by atoms with Gasteiger partial charge in [-0.25, -0.2) is 13.2 Å². The first-order valence-corrected chi connectivity index (χ1v) is 11.8. The summed E-state index contributed by atoms with van der Waals surface area (Å²) < 4.78 is 35.1. The van der Waals surface area contributed by atoms with Gasteiger partial charge in [0.2, 0.25) is 10.0 Å². The van der Waals surface area contributed by atoms with Crippen molar-refractivity contribution in [1.29, 1.82) is 0 Å². The lowest BCUT2D eigenvalue weighted by molar-refractivity contribution is 0.0698. The first-order chi connectivity index (χ1) is 14.7. The minimum atomic E-state index is -3.67. The number of aromatic carboxylic acids is 1. The van der Waals surface area contributed by atoms with Gasteiger partial charge in [-0.1, -0.05) is 17.7 Å². The van der Waals surface area contributed by atoms with Crippen LogP contribution in [0.2, 0.25) is 5.02 Å². The third-order valence-corrected chi connectivity index (χ3v) is 7.49. The minimum Gasteiger partial charge on any atom is -0.491 e. The van der Waals surface area contributed by atoms with Crippen LogP contribution in [0.1, 0.15) is 36.7 Å². The molecule has 1 aromatic heterocycles. The van der Waals surface area contributed by atoms with Crippen LogP contribution < -0.4 is 4.74 Å². The van der Waals surface area contributed by atoms with E-state index in [1.54, 1.807) is 48.7 Å². The SMILES string of the molecule is CC(C)Oc1ccc(S(=O)(=O)N2CC[C@@H](n3cc(C(=O)O)c4ccc(Cl)cc43)C2)cc1. The Morgan fingerprint density at radius 1 is 1.19 bits per heavy atom. The second-order valence-corrected chi connectivity index (χ2v) is 10.2. The van der Waals surface area contributed by atoms with Gasteiger partial charge in [-0.05, 0) is 56.7 Å². The molecule has 0 spiro atoms. The Morgan fingerprint density at radius 3 is 2.55 bits per heavy atom. The molecule has 1 fully saturated rings. The molecule has 9 heteroatoms. The molecule has 0 amide bonds. The molecule has 1 N–H and O–H groups in total. The summed E-state index contributed by atoms with van der Waals surface area (Å²) >= 11 is 6.13. The van der Waals surface area contributed by atoms with Crippen LogP contribution in [0.3, 0.4) is 0 Å². The molecule has 7 nitrogen and oxygen atoms in total. The predicted octanol–water partition coefficient (Wildman–Crippen LogP) is 4.42. The first-order valence-electron chi connectivity index (χ1n) is 9.97. The summed E-state index contributed by atoms with van der Waals surface area (Å²) in [5.41, 5.74) is 0.859. The van der Waals surface area contributed by atoms with E-state index in [4.69, 9.17) is 16.3 Å². The normalized spacial score (nSPS) is 17.5. The van der Waals surface area contributed by atoms with Gasteiger partial charge in [0.15, 0.2) is 0 Å². The van der Waals surface area contributed by atoms with Gasteiger partial charge in [0, 0.05) is 35.7 Å². The van der Waals surface area contributed by atoms with E-state index in [0.29, 0.717) is 34.6 Å². The number of aromatic nitrogens is 1. The van der Waals surface area contributed by atoms with E-state index in [-0.39, 0.29) is 29.1 Å². The summed E-state index contributed by atoms with van der Waals surface area (Å²) in [6.07, 6.45) is 2.15. The van der Waals surface area contributed by atoms with Crippen LogP contribution >= 0.6 is 11.6 Å². The van der Waals surface area contributed by atoms with Gasteiger partial charge in [0.1, 0.15) is 5.75 Å². The van der Waals surface area contributed by atoms with Gasteiger partial charge in [-0.2, -0.15) is 4.31 Å². The number of nitrogens with zero attached hydrogens (tertiary/aromatic N) is 2. The van der Waals surface area contributed by atoms with E-state index in [1.165, 1.54) is 4.31 Å². The zero-order valence-electron chi connectivity index (χ0n) is 17.2. The van der Waals surface area contributed by atoms with Gasteiger partial charge in [-0.3, -0.25) is 0 Å². The topological polar surface area (TPSA) is 88.8 Å².